The molecule has 0 bridgehead atoms. The fraction of sp³-hybridized carbons (Fsp3) is 0.448. The fourth-order valence-electron chi connectivity index (χ4n) is 4.29. The van der Waals surface area contributed by atoms with Crippen LogP contribution in [0.2, 0.25) is 0 Å². The first-order valence-corrected chi connectivity index (χ1v) is 13.8. The van der Waals surface area contributed by atoms with Crippen molar-refractivity contribution < 1.29 is 14.3 Å². The van der Waals surface area contributed by atoms with Crippen LogP contribution in [-0.2, 0) is 16.0 Å². The highest BCUT2D eigenvalue weighted by Crippen LogP contribution is 2.21. The maximum Gasteiger partial charge on any atom is 0.251 e. The lowest BCUT2D eigenvalue weighted by Gasteiger charge is -2.23. The van der Waals surface area contributed by atoms with Gasteiger partial charge in [0.25, 0.3) is 5.91 Å². The van der Waals surface area contributed by atoms with Crippen LogP contribution in [0.4, 0.5) is 17.8 Å². The largest absolute Gasteiger partial charge is 0.377 e. The van der Waals surface area contributed by atoms with Crippen molar-refractivity contribution in [3.63, 3.8) is 0 Å². The van der Waals surface area contributed by atoms with Crippen molar-refractivity contribution in [2.45, 2.75) is 44.7 Å². The molecule has 2 aromatic carbocycles. The molecule has 1 aliphatic rings. The maximum absolute atomic E-state index is 12.0. The van der Waals surface area contributed by atoms with Gasteiger partial charge in [-0.3, -0.25) is 4.79 Å². The van der Waals surface area contributed by atoms with Crippen molar-refractivity contribution >= 4 is 23.8 Å². The van der Waals surface area contributed by atoms with E-state index < -0.39 is 0 Å². The average Bonchev–Trinajstić information content (AvgIpc) is 2.98. The Labute approximate surface area is 230 Å². The number of aromatic nitrogens is 3. The summed E-state index contributed by atoms with van der Waals surface area (Å²) in [7, 11) is 0. The Balaban J connectivity index is 1.15. The van der Waals surface area contributed by atoms with Crippen LogP contribution < -0.4 is 21.3 Å². The highest BCUT2D eigenvalue weighted by molar-refractivity contribution is 5.94. The summed E-state index contributed by atoms with van der Waals surface area (Å²) in [5.74, 6) is 1.52. The standard InChI is InChI=1S/C29H39N7O3/c37-26(24-12-6-2-7-13-24)30-16-18-38-20-21-39-19-17-31-27-34-28(32-22-23-10-4-1-5-11-23)36-29(35-27)33-25-14-8-3-9-15-25/h1-2,4-7,10-13,25H,3,8-9,14-22H2,(H,30,37)(H3,31,32,33,34,35,36). The van der Waals surface area contributed by atoms with E-state index in [1.54, 1.807) is 12.1 Å². The summed E-state index contributed by atoms with van der Waals surface area (Å²) in [6.45, 7) is 3.47. The zero-order valence-electron chi connectivity index (χ0n) is 22.4. The molecule has 10 nitrogen and oxygen atoms in total. The Morgan fingerprint density at radius 1 is 0.718 bits per heavy atom. The molecule has 1 aromatic heterocycles. The first kappa shape index (κ1) is 28.3. The van der Waals surface area contributed by atoms with Gasteiger partial charge in [-0.2, -0.15) is 15.0 Å². The van der Waals surface area contributed by atoms with E-state index in [4.69, 9.17) is 9.47 Å². The summed E-state index contributed by atoms with van der Waals surface area (Å²) >= 11 is 0. The topological polar surface area (TPSA) is 122 Å². The van der Waals surface area contributed by atoms with Crippen LogP contribution in [-0.4, -0.2) is 66.4 Å². The fourth-order valence-corrected chi connectivity index (χ4v) is 4.29. The summed E-state index contributed by atoms with van der Waals surface area (Å²) in [6.07, 6.45) is 6.03. The molecule has 0 unspecified atom stereocenters. The van der Waals surface area contributed by atoms with E-state index in [9.17, 15) is 4.79 Å². The van der Waals surface area contributed by atoms with Crippen LogP contribution in [0, 0.1) is 0 Å². The number of benzene rings is 2. The minimum Gasteiger partial charge on any atom is -0.377 e. The van der Waals surface area contributed by atoms with Crippen molar-refractivity contribution in [3.05, 3.63) is 71.8 Å². The number of ether oxygens (including phenoxy) is 2. The van der Waals surface area contributed by atoms with Crippen LogP contribution >= 0.6 is 0 Å². The minimum absolute atomic E-state index is 0.102. The van der Waals surface area contributed by atoms with Crippen molar-refractivity contribution in [1.82, 2.24) is 20.3 Å². The lowest BCUT2D eigenvalue weighted by Crippen LogP contribution is -2.27. The molecular weight excluding hydrogens is 494 g/mol. The molecule has 3 aromatic rings. The maximum atomic E-state index is 12.0. The lowest BCUT2D eigenvalue weighted by atomic mass is 9.96. The van der Waals surface area contributed by atoms with Crippen molar-refractivity contribution in [1.29, 1.82) is 0 Å². The molecular formula is C29H39N7O3. The molecule has 1 saturated carbocycles. The molecule has 4 N–H and O–H groups in total. The quantitative estimate of drug-likeness (QED) is 0.202. The summed E-state index contributed by atoms with van der Waals surface area (Å²) in [4.78, 5) is 25.7. The van der Waals surface area contributed by atoms with Crippen molar-refractivity contribution in [3.8, 4) is 0 Å². The third kappa shape index (κ3) is 10.5. The molecule has 0 atom stereocenters. The number of carbonyl (C=O) groups is 1. The van der Waals surface area contributed by atoms with Crippen molar-refractivity contribution in [2.24, 2.45) is 0 Å². The van der Waals surface area contributed by atoms with E-state index in [0.717, 1.165) is 18.4 Å². The second kappa shape index (κ2) is 16.3. The van der Waals surface area contributed by atoms with Crippen LogP contribution in [0.5, 0.6) is 0 Å². The molecule has 0 radical (unpaired) electrons. The van der Waals surface area contributed by atoms with Gasteiger partial charge in [0.15, 0.2) is 0 Å². The normalized spacial score (nSPS) is 13.5. The number of anilines is 3. The summed E-state index contributed by atoms with van der Waals surface area (Å²) < 4.78 is 11.2. The SMILES string of the molecule is O=C(NCCOCCOCCNc1nc(NCc2ccccc2)nc(NC2CCCCC2)n1)c1ccccc1. The Morgan fingerprint density at radius 2 is 1.33 bits per heavy atom. The van der Waals surface area contributed by atoms with Gasteiger partial charge < -0.3 is 30.7 Å². The summed E-state index contributed by atoms with van der Waals surface area (Å²) in [5.41, 5.74) is 1.80. The van der Waals surface area contributed by atoms with Crippen LogP contribution in [0.15, 0.2) is 60.7 Å². The van der Waals surface area contributed by atoms with Gasteiger partial charge in [0, 0.05) is 31.2 Å². The molecule has 1 heterocycles. The molecule has 208 valence electrons. The Bertz CT molecular complexity index is 1110. The van der Waals surface area contributed by atoms with E-state index in [-0.39, 0.29) is 5.91 Å². The van der Waals surface area contributed by atoms with Gasteiger partial charge in [-0.1, -0.05) is 67.8 Å². The number of nitrogens with zero attached hydrogens (tertiary/aromatic N) is 3. The number of hydrogen-bond donors (Lipinski definition) is 4. The predicted octanol–water partition coefficient (Wildman–Crippen LogP) is 4.10. The van der Waals surface area contributed by atoms with Crippen LogP contribution in [0.25, 0.3) is 0 Å². The number of carbonyl (C=O) groups excluding carboxylic acids is 1. The smallest absolute Gasteiger partial charge is 0.251 e. The van der Waals surface area contributed by atoms with E-state index in [0.29, 0.717) is 75.5 Å². The lowest BCUT2D eigenvalue weighted by molar-refractivity contribution is 0.0519. The Kier molecular flexibility index (Phi) is 11.8. The second-order valence-electron chi connectivity index (χ2n) is 9.40. The Morgan fingerprint density at radius 3 is 2.05 bits per heavy atom. The third-order valence-electron chi connectivity index (χ3n) is 6.34. The summed E-state index contributed by atoms with van der Waals surface area (Å²) in [6, 6.07) is 19.7. The van der Waals surface area contributed by atoms with Gasteiger partial charge in [0.1, 0.15) is 0 Å². The average molecular weight is 534 g/mol. The molecule has 39 heavy (non-hydrogen) atoms. The molecule has 0 saturated heterocycles. The molecule has 0 spiro atoms. The zero-order chi connectivity index (χ0) is 27.0. The second-order valence-corrected chi connectivity index (χ2v) is 9.40. The number of amides is 1. The van der Waals surface area contributed by atoms with E-state index in [1.165, 1.54) is 19.3 Å². The first-order valence-electron chi connectivity index (χ1n) is 13.8. The first-order chi connectivity index (χ1) is 19.3. The van der Waals surface area contributed by atoms with E-state index in [1.807, 2.05) is 36.4 Å². The molecule has 10 heteroatoms. The number of rotatable bonds is 16. The monoisotopic (exact) mass is 533 g/mol. The van der Waals surface area contributed by atoms with Crippen molar-refractivity contribution in [2.75, 3.05) is 55.5 Å². The molecule has 1 amide bonds. The summed E-state index contributed by atoms with van der Waals surface area (Å²) in [5, 5.41) is 12.9. The van der Waals surface area contributed by atoms with Gasteiger partial charge in [-0.15, -0.1) is 0 Å². The zero-order valence-corrected chi connectivity index (χ0v) is 22.4. The van der Waals surface area contributed by atoms with E-state index >= 15 is 0 Å². The molecule has 4 rings (SSSR count). The predicted molar refractivity (Wildman–Crippen MR) is 153 cm³/mol. The highest BCUT2D eigenvalue weighted by atomic mass is 16.5. The van der Waals surface area contributed by atoms with Gasteiger partial charge in [-0.05, 0) is 30.5 Å². The van der Waals surface area contributed by atoms with Gasteiger partial charge in [-0.25, -0.2) is 0 Å². The van der Waals surface area contributed by atoms with Gasteiger partial charge in [0.2, 0.25) is 17.8 Å². The highest BCUT2D eigenvalue weighted by Gasteiger charge is 2.15. The minimum atomic E-state index is -0.102. The molecule has 0 aliphatic heterocycles. The Hall–Kier alpha value is -3.76. The van der Waals surface area contributed by atoms with Gasteiger partial charge >= 0.3 is 0 Å². The molecule has 1 fully saturated rings. The van der Waals surface area contributed by atoms with Crippen LogP contribution in [0.3, 0.4) is 0 Å². The van der Waals surface area contributed by atoms with Gasteiger partial charge in [0.05, 0.1) is 26.4 Å². The number of nitrogens with one attached hydrogen (secondary N) is 4. The van der Waals surface area contributed by atoms with Crippen LogP contribution in [0.1, 0.15) is 48.0 Å². The molecule has 1 aliphatic carbocycles. The third-order valence-corrected chi connectivity index (χ3v) is 6.34. The number of hydrogen-bond acceptors (Lipinski definition) is 9. The van der Waals surface area contributed by atoms with E-state index in [2.05, 4.69) is 48.4 Å².